The normalized spacial score (nSPS) is 10.9. The Balaban J connectivity index is 2.33. The highest BCUT2D eigenvalue weighted by atomic mass is 32.2. The van der Waals surface area contributed by atoms with Crippen LogP contribution in [0.5, 0.6) is 0 Å². The fourth-order valence-electron chi connectivity index (χ4n) is 1.98. The minimum Gasteiger partial charge on any atom is -0.0609 e. The summed E-state index contributed by atoms with van der Waals surface area (Å²) in [5.74, 6) is 1.24. The Labute approximate surface area is 113 Å². The average Bonchev–Trinajstić information content (AvgIpc) is 2.39. The smallest absolute Gasteiger partial charge is 0.0609 e. The van der Waals surface area contributed by atoms with Crippen LogP contribution in [0.1, 0.15) is 24.5 Å². The van der Waals surface area contributed by atoms with E-state index >= 15 is 0 Å². The van der Waals surface area contributed by atoms with Crippen molar-refractivity contribution in [2.45, 2.75) is 37.0 Å². The molecule has 0 radical (unpaired) electrons. The summed E-state index contributed by atoms with van der Waals surface area (Å²) in [5, 5.41) is 0. The molecule has 0 saturated carbocycles. The summed E-state index contributed by atoms with van der Waals surface area (Å²) in [7, 11) is 0.232. The summed E-state index contributed by atoms with van der Waals surface area (Å²) in [6.45, 7) is 6.56. The molecule has 0 aliphatic carbocycles. The van der Waals surface area contributed by atoms with Gasteiger partial charge in [0.05, 0.1) is 10.9 Å². The van der Waals surface area contributed by atoms with Gasteiger partial charge in [0.15, 0.2) is 9.79 Å². The third-order valence-electron chi connectivity index (χ3n) is 3.02. The molecule has 0 aromatic heterocycles. The molecule has 0 bridgehead atoms. The number of rotatable bonds is 4. The van der Waals surface area contributed by atoms with Gasteiger partial charge in [0.25, 0.3) is 0 Å². The first-order chi connectivity index (χ1) is 8.70. The third-order valence-corrected chi connectivity index (χ3v) is 5.52. The van der Waals surface area contributed by atoms with Crippen LogP contribution in [-0.2, 0) is 10.9 Å². The molecule has 0 amide bonds. The molecule has 0 aliphatic rings. The Morgan fingerprint density at radius 1 is 0.722 bits per heavy atom. The fourth-order valence-corrected chi connectivity index (χ4v) is 4.06. The quantitative estimate of drug-likeness (QED) is 0.693. The Kier molecular flexibility index (Phi) is 4.48. The van der Waals surface area contributed by atoms with Crippen LogP contribution in [0.4, 0.5) is 0 Å². The number of benzene rings is 2. The summed E-state index contributed by atoms with van der Waals surface area (Å²) in [5.41, 5.74) is 2.67. The number of hydrogen-bond donors (Lipinski definition) is 0. The minimum atomic E-state index is 0.232. The molecule has 0 saturated heterocycles. The Morgan fingerprint density at radius 3 is 1.44 bits per heavy atom. The highest BCUT2D eigenvalue weighted by Crippen LogP contribution is 2.25. The molecule has 18 heavy (non-hydrogen) atoms. The van der Waals surface area contributed by atoms with Crippen LogP contribution in [0.25, 0.3) is 0 Å². The minimum absolute atomic E-state index is 0.232. The van der Waals surface area contributed by atoms with Crippen LogP contribution >= 0.6 is 0 Å². The van der Waals surface area contributed by atoms with Crippen LogP contribution in [0.15, 0.2) is 58.3 Å². The number of aryl methyl sites for hydroxylation is 2. The van der Waals surface area contributed by atoms with E-state index in [0.29, 0.717) is 0 Å². The Morgan fingerprint density at radius 2 is 1.11 bits per heavy atom. The van der Waals surface area contributed by atoms with Crippen molar-refractivity contribution in [3.8, 4) is 0 Å². The summed E-state index contributed by atoms with van der Waals surface area (Å²) >= 11 is 0. The Bertz CT molecular complexity index is 437. The molecule has 0 fully saturated rings. The van der Waals surface area contributed by atoms with Gasteiger partial charge in [0, 0.05) is 0 Å². The van der Waals surface area contributed by atoms with Gasteiger partial charge in [-0.1, -0.05) is 42.3 Å². The van der Waals surface area contributed by atoms with Gasteiger partial charge in [0.2, 0.25) is 0 Å². The maximum absolute atomic E-state index is 2.29. The first-order valence-electron chi connectivity index (χ1n) is 6.55. The molecule has 2 rings (SSSR count). The van der Waals surface area contributed by atoms with E-state index in [9.17, 15) is 0 Å². The lowest BCUT2D eigenvalue weighted by molar-refractivity contribution is 1.09. The molecule has 94 valence electrons. The maximum atomic E-state index is 2.29. The van der Waals surface area contributed by atoms with Gasteiger partial charge in [-0.15, -0.1) is 0 Å². The van der Waals surface area contributed by atoms with Gasteiger partial charge < -0.3 is 0 Å². The molecule has 0 heterocycles. The van der Waals surface area contributed by atoms with E-state index < -0.39 is 0 Å². The van der Waals surface area contributed by atoms with E-state index in [0.717, 1.165) is 0 Å². The van der Waals surface area contributed by atoms with Gasteiger partial charge in [-0.05, 0) is 44.5 Å². The van der Waals surface area contributed by atoms with Crippen molar-refractivity contribution in [1.82, 2.24) is 0 Å². The van der Waals surface area contributed by atoms with Crippen LogP contribution in [0.2, 0.25) is 0 Å². The first kappa shape index (κ1) is 13.2. The first-order valence-corrected chi connectivity index (χ1v) is 7.94. The van der Waals surface area contributed by atoms with Crippen LogP contribution in [0, 0.1) is 13.8 Å². The zero-order valence-corrected chi connectivity index (χ0v) is 12.3. The van der Waals surface area contributed by atoms with Crippen molar-refractivity contribution in [2.75, 3.05) is 5.75 Å². The molecule has 1 heteroatoms. The van der Waals surface area contributed by atoms with E-state index in [2.05, 4.69) is 69.3 Å². The van der Waals surface area contributed by atoms with E-state index in [1.807, 2.05) is 0 Å². The molecule has 0 aliphatic heterocycles. The summed E-state index contributed by atoms with van der Waals surface area (Å²) < 4.78 is 0. The van der Waals surface area contributed by atoms with E-state index in [1.165, 1.54) is 33.1 Å². The van der Waals surface area contributed by atoms with Crippen molar-refractivity contribution in [2.24, 2.45) is 0 Å². The molecule has 0 nitrogen and oxygen atoms in total. The van der Waals surface area contributed by atoms with Crippen LogP contribution in [0.3, 0.4) is 0 Å². The van der Waals surface area contributed by atoms with Crippen molar-refractivity contribution in [3.63, 3.8) is 0 Å². The predicted molar refractivity (Wildman–Crippen MR) is 81.4 cm³/mol. The van der Waals surface area contributed by atoms with Gasteiger partial charge in [-0.2, -0.15) is 0 Å². The van der Waals surface area contributed by atoms with E-state index in [1.54, 1.807) is 0 Å². The molecular formula is C17H21S+. The van der Waals surface area contributed by atoms with Crippen molar-refractivity contribution in [1.29, 1.82) is 0 Å². The summed E-state index contributed by atoms with van der Waals surface area (Å²) in [4.78, 5) is 2.93. The SMILES string of the molecule is CCC[S+](c1ccc(C)cc1)c1ccc(C)cc1. The second-order valence-electron chi connectivity index (χ2n) is 4.72. The van der Waals surface area contributed by atoms with Crippen molar-refractivity contribution >= 4 is 10.9 Å². The lowest BCUT2D eigenvalue weighted by Gasteiger charge is -2.07. The highest BCUT2D eigenvalue weighted by molar-refractivity contribution is 7.97. The third kappa shape index (κ3) is 3.17. The van der Waals surface area contributed by atoms with Gasteiger partial charge in [-0.3, -0.25) is 0 Å². The lowest BCUT2D eigenvalue weighted by atomic mass is 10.2. The molecule has 2 aromatic rings. The molecule has 0 atom stereocenters. The standard InChI is InChI=1S/C17H21S/c1-4-13-18(16-9-5-14(2)6-10-16)17-11-7-15(3)8-12-17/h5-12H,4,13H2,1-3H3/q+1. The molecule has 2 aromatic carbocycles. The van der Waals surface area contributed by atoms with Gasteiger partial charge in [0.1, 0.15) is 5.75 Å². The second kappa shape index (κ2) is 6.10. The topological polar surface area (TPSA) is 0 Å². The second-order valence-corrected chi connectivity index (χ2v) is 6.85. The Hall–Kier alpha value is -1.21. The zero-order chi connectivity index (χ0) is 13.0. The summed E-state index contributed by atoms with van der Waals surface area (Å²) in [6, 6.07) is 18.0. The monoisotopic (exact) mass is 257 g/mol. The predicted octanol–water partition coefficient (Wildman–Crippen LogP) is 4.75. The molecule has 0 N–H and O–H groups in total. The van der Waals surface area contributed by atoms with Crippen LogP contribution in [-0.4, -0.2) is 5.75 Å². The zero-order valence-electron chi connectivity index (χ0n) is 11.4. The van der Waals surface area contributed by atoms with E-state index in [-0.39, 0.29) is 10.9 Å². The highest BCUT2D eigenvalue weighted by Gasteiger charge is 2.23. The van der Waals surface area contributed by atoms with Crippen molar-refractivity contribution < 1.29 is 0 Å². The fraction of sp³-hybridized carbons (Fsp3) is 0.294. The molecule has 0 unspecified atom stereocenters. The largest absolute Gasteiger partial charge is 0.160 e. The lowest BCUT2D eigenvalue weighted by Crippen LogP contribution is -2.08. The van der Waals surface area contributed by atoms with E-state index in [4.69, 9.17) is 0 Å². The van der Waals surface area contributed by atoms with Crippen LogP contribution < -0.4 is 0 Å². The maximum Gasteiger partial charge on any atom is 0.160 e. The molecular weight excluding hydrogens is 236 g/mol. The summed E-state index contributed by atoms with van der Waals surface area (Å²) in [6.07, 6.45) is 1.23. The van der Waals surface area contributed by atoms with Gasteiger partial charge in [-0.25, -0.2) is 0 Å². The average molecular weight is 257 g/mol. The van der Waals surface area contributed by atoms with Gasteiger partial charge >= 0.3 is 0 Å². The van der Waals surface area contributed by atoms with Crippen molar-refractivity contribution in [3.05, 3.63) is 59.7 Å². The molecule has 0 spiro atoms. The number of hydrogen-bond acceptors (Lipinski definition) is 0.